The molecule has 2 aliphatic carbocycles. The van der Waals surface area contributed by atoms with Gasteiger partial charge < -0.3 is 0 Å². The van der Waals surface area contributed by atoms with Gasteiger partial charge in [0.05, 0.1) is 6.54 Å². The maximum atomic E-state index is 13.2. The van der Waals surface area contributed by atoms with Crippen molar-refractivity contribution in [3.8, 4) is 0 Å². The first-order valence-electron chi connectivity index (χ1n) is 8.98. The summed E-state index contributed by atoms with van der Waals surface area (Å²) >= 11 is 0. The SMILES string of the molecule is CCCC[n+]1c2c(n(C3CCC3)c1C)C(=O)c1ccccc1C2=O. The van der Waals surface area contributed by atoms with Crippen molar-refractivity contribution in [1.82, 2.24) is 4.57 Å². The highest BCUT2D eigenvalue weighted by Crippen LogP contribution is 2.37. The van der Waals surface area contributed by atoms with Crippen LogP contribution in [0.4, 0.5) is 0 Å². The Bertz CT molecular complexity index is 844. The Hall–Kier alpha value is -2.23. The van der Waals surface area contributed by atoms with Gasteiger partial charge in [-0.3, -0.25) is 9.59 Å². The lowest BCUT2D eigenvalue weighted by Crippen LogP contribution is -2.43. The molecule has 1 fully saturated rings. The molecule has 0 N–H and O–H groups in total. The fourth-order valence-corrected chi connectivity index (χ4v) is 3.96. The lowest BCUT2D eigenvalue weighted by atomic mass is 9.88. The standard InChI is InChI=1S/C20H23N2O2/c1-3-4-12-21-13(2)22(14-8-7-9-14)18-17(21)19(23)15-10-5-6-11-16(15)20(18)24/h5-6,10-11,14H,3-4,7-9,12H2,1-2H3/q+1. The molecule has 0 aliphatic heterocycles. The Kier molecular flexibility index (Phi) is 3.63. The second-order valence-electron chi connectivity index (χ2n) is 6.91. The number of hydrogen-bond donors (Lipinski definition) is 0. The summed E-state index contributed by atoms with van der Waals surface area (Å²) in [6.45, 7) is 5.00. The predicted molar refractivity (Wildman–Crippen MR) is 90.5 cm³/mol. The number of imidazole rings is 1. The van der Waals surface area contributed by atoms with E-state index < -0.39 is 0 Å². The number of fused-ring (bicyclic) bond motifs is 2. The zero-order chi connectivity index (χ0) is 16.8. The summed E-state index contributed by atoms with van der Waals surface area (Å²) in [4.78, 5) is 26.3. The second-order valence-corrected chi connectivity index (χ2v) is 6.91. The molecule has 0 amide bonds. The number of aromatic nitrogens is 2. The molecule has 1 heterocycles. The molecule has 0 atom stereocenters. The average molecular weight is 323 g/mol. The van der Waals surface area contributed by atoms with E-state index in [1.165, 1.54) is 6.42 Å². The van der Waals surface area contributed by atoms with E-state index in [0.29, 0.717) is 28.6 Å². The minimum absolute atomic E-state index is 0.00234. The summed E-state index contributed by atoms with van der Waals surface area (Å²) in [5.74, 6) is 1.05. The third-order valence-corrected chi connectivity index (χ3v) is 5.50. The van der Waals surface area contributed by atoms with Crippen LogP contribution in [0.5, 0.6) is 0 Å². The van der Waals surface area contributed by atoms with Crippen LogP contribution >= 0.6 is 0 Å². The quantitative estimate of drug-likeness (QED) is 0.691. The maximum Gasteiger partial charge on any atom is 0.254 e. The van der Waals surface area contributed by atoms with Gasteiger partial charge in [0, 0.05) is 18.1 Å². The van der Waals surface area contributed by atoms with Gasteiger partial charge in [-0.25, -0.2) is 9.13 Å². The van der Waals surface area contributed by atoms with Crippen LogP contribution in [-0.4, -0.2) is 16.1 Å². The molecule has 4 nitrogen and oxygen atoms in total. The molecule has 1 aromatic heterocycles. The summed E-state index contributed by atoms with van der Waals surface area (Å²) in [5.41, 5.74) is 2.33. The van der Waals surface area contributed by atoms with E-state index in [-0.39, 0.29) is 11.6 Å². The van der Waals surface area contributed by atoms with Crippen LogP contribution in [0.3, 0.4) is 0 Å². The van der Waals surface area contributed by atoms with Crippen LogP contribution in [-0.2, 0) is 6.54 Å². The second kappa shape index (κ2) is 5.69. The Balaban J connectivity index is 1.96. The van der Waals surface area contributed by atoms with E-state index in [2.05, 4.69) is 23.0 Å². The predicted octanol–water partition coefficient (Wildman–Crippen LogP) is 3.38. The summed E-state index contributed by atoms with van der Waals surface area (Å²) in [6, 6.07) is 7.59. The minimum atomic E-state index is -0.00234. The van der Waals surface area contributed by atoms with Crippen LogP contribution in [0.2, 0.25) is 0 Å². The molecule has 0 bridgehead atoms. The van der Waals surface area contributed by atoms with Crippen molar-refractivity contribution < 1.29 is 14.2 Å². The molecule has 0 unspecified atom stereocenters. The normalized spacial score (nSPS) is 16.8. The number of ketones is 2. The van der Waals surface area contributed by atoms with Crippen molar-refractivity contribution >= 4 is 11.6 Å². The van der Waals surface area contributed by atoms with Crippen molar-refractivity contribution in [2.75, 3.05) is 0 Å². The lowest BCUT2D eigenvalue weighted by molar-refractivity contribution is -0.704. The first kappa shape index (κ1) is 15.3. The number of nitrogens with zero attached hydrogens (tertiary/aromatic N) is 2. The number of rotatable bonds is 4. The van der Waals surface area contributed by atoms with Gasteiger partial charge in [-0.15, -0.1) is 0 Å². The van der Waals surface area contributed by atoms with E-state index in [4.69, 9.17) is 0 Å². The van der Waals surface area contributed by atoms with Gasteiger partial charge in [0.2, 0.25) is 23.0 Å². The zero-order valence-electron chi connectivity index (χ0n) is 14.3. The molecule has 1 aromatic carbocycles. The van der Waals surface area contributed by atoms with Crippen LogP contribution < -0.4 is 4.57 Å². The molecule has 24 heavy (non-hydrogen) atoms. The van der Waals surface area contributed by atoms with E-state index in [1.54, 1.807) is 12.1 Å². The number of carbonyl (C=O) groups excluding carboxylic acids is 2. The highest BCUT2D eigenvalue weighted by atomic mass is 16.1. The van der Waals surface area contributed by atoms with E-state index in [0.717, 1.165) is 38.1 Å². The molecule has 4 heteroatoms. The van der Waals surface area contributed by atoms with Crippen molar-refractivity contribution in [3.05, 3.63) is 52.6 Å². The fraction of sp³-hybridized carbons (Fsp3) is 0.450. The van der Waals surface area contributed by atoms with Gasteiger partial charge in [0.1, 0.15) is 6.04 Å². The van der Waals surface area contributed by atoms with Gasteiger partial charge in [-0.2, -0.15) is 0 Å². The summed E-state index contributed by atoms with van der Waals surface area (Å²) in [5, 5.41) is 0. The zero-order valence-corrected chi connectivity index (χ0v) is 14.3. The number of hydrogen-bond acceptors (Lipinski definition) is 2. The van der Waals surface area contributed by atoms with Crippen LogP contribution in [0.1, 0.15) is 83.0 Å². The van der Waals surface area contributed by atoms with Crippen molar-refractivity contribution in [3.63, 3.8) is 0 Å². The lowest BCUT2D eigenvalue weighted by Gasteiger charge is -2.24. The summed E-state index contributed by atoms with van der Waals surface area (Å²) in [6.07, 6.45) is 5.47. The summed E-state index contributed by atoms with van der Waals surface area (Å²) in [7, 11) is 0. The fourth-order valence-electron chi connectivity index (χ4n) is 3.96. The number of benzene rings is 1. The molecule has 2 aliphatic rings. The molecule has 2 aromatic rings. The van der Waals surface area contributed by atoms with Gasteiger partial charge in [-0.1, -0.05) is 37.6 Å². The Morgan fingerprint density at radius 2 is 1.79 bits per heavy atom. The molecule has 0 radical (unpaired) electrons. The van der Waals surface area contributed by atoms with E-state index >= 15 is 0 Å². The van der Waals surface area contributed by atoms with Crippen molar-refractivity contribution in [2.24, 2.45) is 0 Å². The van der Waals surface area contributed by atoms with Crippen molar-refractivity contribution in [2.45, 2.75) is 58.5 Å². The Labute approximate surface area is 142 Å². The largest absolute Gasteiger partial charge is 0.284 e. The molecular weight excluding hydrogens is 300 g/mol. The molecule has 0 saturated heterocycles. The van der Waals surface area contributed by atoms with Crippen LogP contribution in [0.15, 0.2) is 24.3 Å². The third-order valence-electron chi connectivity index (χ3n) is 5.50. The topological polar surface area (TPSA) is 43.0 Å². The molecule has 0 spiro atoms. The van der Waals surface area contributed by atoms with Gasteiger partial charge >= 0.3 is 0 Å². The van der Waals surface area contributed by atoms with Gasteiger partial charge in [0.25, 0.3) is 5.82 Å². The third kappa shape index (κ3) is 2.02. The van der Waals surface area contributed by atoms with Gasteiger partial charge in [0.15, 0.2) is 0 Å². The van der Waals surface area contributed by atoms with Crippen LogP contribution in [0.25, 0.3) is 0 Å². The molecule has 4 rings (SSSR count). The smallest absolute Gasteiger partial charge is 0.254 e. The van der Waals surface area contributed by atoms with Crippen molar-refractivity contribution in [1.29, 1.82) is 0 Å². The monoisotopic (exact) mass is 323 g/mol. The number of carbonyl (C=O) groups is 2. The maximum absolute atomic E-state index is 13.2. The summed E-state index contributed by atoms with van der Waals surface area (Å²) < 4.78 is 4.25. The number of unbranched alkanes of at least 4 members (excludes halogenated alkanes) is 1. The van der Waals surface area contributed by atoms with E-state index in [1.807, 2.05) is 12.1 Å². The van der Waals surface area contributed by atoms with Gasteiger partial charge in [-0.05, 0) is 25.7 Å². The molecular formula is C20H23N2O2+. The Morgan fingerprint density at radius 3 is 2.38 bits per heavy atom. The highest BCUT2D eigenvalue weighted by molar-refractivity contribution is 6.26. The average Bonchev–Trinajstić information content (AvgIpc) is 2.83. The van der Waals surface area contributed by atoms with E-state index in [9.17, 15) is 9.59 Å². The molecule has 1 saturated carbocycles. The first-order valence-corrected chi connectivity index (χ1v) is 8.98. The minimum Gasteiger partial charge on any atom is -0.284 e. The first-order chi connectivity index (χ1) is 11.6. The highest BCUT2D eigenvalue weighted by Gasteiger charge is 2.45. The Morgan fingerprint density at radius 1 is 1.12 bits per heavy atom. The molecule has 124 valence electrons. The van der Waals surface area contributed by atoms with Crippen LogP contribution in [0, 0.1) is 6.92 Å².